The molecule has 4 rings (SSSR count). The highest BCUT2D eigenvalue weighted by Crippen LogP contribution is 2.41. The lowest BCUT2D eigenvalue weighted by Gasteiger charge is -2.11. The van der Waals surface area contributed by atoms with E-state index in [0.29, 0.717) is 0 Å². The summed E-state index contributed by atoms with van der Waals surface area (Å²) in [6.07, 6.45) is 8.11. The van der Waals surface area contributed by atoms with Gasteiger partial charge in [0.25, 0.3) is 0 Å². The van der Waals surface area contributed by atoms with E-state index in [-0.39, 0.29) is 0 Å². The third kappa shape index (κ3) is 2.62. The first-order chi connectivity index (χ1) is 10.8. The van der Waals surface area contributed by atoms with Gasteiger partial charge in [-0.2, -0.15) is 0 Å². The van der Waals surface area contributed by atoms with Crippen LogP contribution < -0.4 is 5.32 Å². The van der Waals surface area contributed by atoms with Gasteiger partial charge in [-0.25, -0.2) is 15.0 Å². The molecular weight excluding hydrogens is 294 g/mol. The Hall–Kier alpha value is -2.21. The van der Waals surface area contributed by atoms with E-state index >= 15 is 0 Å². The van der Waals surface area contributed by atoms with Gasteiger partial charge < -0.3 is 5.32 Å². The van der Waals surface area contributed by atoms with Gasteiger partial charge in [0.05, 0.1) is 22.9 Å². The second kappa shape index (κ2) is 5.53. The predicted octanol–water partition coefficient (Wildman–Crippen LogP) is 3.52. The molecule has 112 valence electrons. The minimum atomic E-state index is 0.718. The summed E-state index contributed by atoms with van der Waals surface area (Å²) in [7, 11) is 0. The fourth-order valence-electron chi connectivity index (χ4n) is 2.44. The SMILES string of the molecule is Cc1nccn1-c1ncccc1NCc1csc(C2CC2)n1. The summed E-state index contributed by atoms with van der Waals surface area (Å²) in [5, 5.41) is 6.89. The number of nitrogens with one attached hydrogen (secondary N) is 1. The topological polar surface area (TPSA) is 55.6 Å². The molecule has 0 aromatic carbocycles. The standard InChI is InChI=1S/C16H17N5S/c1-11-17-7-8-21(11)15-14(3-2-6-18-15)19-9-13-10-22-16(20-13)12-4-5-12/h2-3,6-8,10,12,19H,4-5,9H2,1H3. The molecule has 3 aromatic rings. The van der Waals surface area contributed by atoms with Crippen LogP contribution in [0, 0.1) is 6.92 Å². The maximum Gasteiger partial charge on any atom is 0.161 e. The third-order valence-corrected chi connectivity index (χ3v) is 4.85. The Kier molecular flexibility index (Phi) is 3.38. The van der Waals surface area contributed by atoms with E-state index < -0.39 is 0 Å². The van der Waals surface area contributed by atoms with Crippen LogP contribution in [0.5, 0.6) is 0 Å². The average Bonchev–Trinajstić information content (AvgIpc) is 3.13. The summed E-state index contributed by atoms with van der Waals surface area (Å²) in [6, 6.07) is 3.98. The van der Waals surface area contributed by atoms with Crippen LogP contribution in [0.25, 0.3) is 5.82 Å². The molecule has 1 aliphatic rings. The molecule has 0 radical (unpaired) electrons. The van der Waals surface area contributed by atoms with Crippen molar-refractivity contribution in [3.05, 3.63) is 52.6 Å². The molecule has 0 unspecified atom stereocenters. The van der Waals surface area contributed by atoms with Crippen molar-refractivity contribution in [3.8, 4) is 5.82 Å². The number of hydrogen-bond acceptors (Lipinski definition) is 5. The summed E-state index contributed by atoms with van der Waals surface area (Å²) >= 11 is 1.78. The van der Waals surface area contributed by atoms with Gasteiger partial charge in [-0.05, 0) is 31.9 Å². The Morgan fingerprint density at radius 3 is 3.00 bits per heavy atom. The lowest BCUT2D eigenvalue weighted by Crippen LogP contribution is -2.07. The molecule has 0 atom stereocenters. The van der Waals surface area contributed by atoms with Crippen molar-refractivity contribution in [2.75, 3.05) is 5.32 Å². The molecule has 0 bridgehead atoms. The normalized spacial score (nSPS) is 14.2. The summed E-state index contributed by atoms with van der Waals surface area (Å²) in [5.74, 6) is 2.52. The molecule has 3 aromatic heterocycles. The zero-order valence-corrected chi connectivity index (χ0v) is 13.2. The van der Waals surface area contributed by atoms with Crippen molar-refractivity contribution in [3.63, 3.8) is 0 Å². The number of rotatable bonds is 5. The van der Waals surface area contributed by atoms with E-state index in [1.807, 2.05) is 29.8 Å². The summed E-state index contributed by atoms with van der Waals surface area (Å²) < 4.78 is 1.99. The Bertz CT molecular complexity index is 787. The fourth-order valence-corrected chi connectivity index (χ4v) is 3.43. The lowest BCUT2D eigenvalue weighted by atomic mass is 10.3. The van der Waals surface area contributed by atoms with Crippen LogP contribution in [0.4, 0.5) is 5.69 Å². The molecule has 1 fully saturated rings. The van der Waals surface area contributed by atoms with Crippen molar-refractivity contribution in [1.29, 1.82) is 0 Å². The molecular formula is C16H17N5S. The second-order valence-electron chi connectivity index (χ2n) is 5.52. The van der Waals surface area contributed by atoms with E-state index in [0.717, 1.165) is 35.5 Å². The summed E-state index contributed by atoms with van der Waals surface area (Å²) in [5.41, 5.74) is 2.09. The van der Waals surface area contributed by atoms with E-state index in [1.54, 1.807) is 23.7 Å². The first-order valence-electron chi connectivity index (χ1n) is 7.45. The second-order valence-corrected chi connectivity index (χ2v) is 6.41. The number of nitrogens with zero attached hydrogens (tertiary/aromatic N) is 4. The Morgan fingerprint density at radius 1 is 1.32 bits per heavy atom. The molecule has 5 nitrogen and oxygen atoms in total. The highest BCUT2D eigenvalue weighted by molar-refractivity contribution is 7.09. The van der Waals surface area contributed by atoms with E-state index in [1.165, 1.54) is 17.8 Å². The smallest absolute Gasteiger partial charge is 0.161 e. The molecule has 22 heavy (non-hydrogen) atoms. The number of pyridine rings is 1. The molecule has 1 saturated carbocycles. The Labute approximate surface area is 133 Å². The number of aryl methyl sites for hydroxylation is 1. The van der Waals surface area contributed by atoms with Crippen molar-refractivity contribution < 1.29 is 0 Å². The largest absolute Gasteiger partial charge is 0.376 e. The predicted molar refractivity (Wildman–Crippen MR) is 87.5 cm³/mol. The van der Waals surface area contributed by atoms with Gasteiger partial charge in [0.15, 0.2) is 5.82 Å². The van der Waals surface area contributed by atoms with Crippen molar-refractivity contribution in [2.45, 2.75) is 32.2 Å². The molecule has 1 N–H and O–H groups in total. The number of hydrogen-bond donors (Lipinski definition) is 1. The number of imidazole rings is 1. The maximum absolute atomic E-state index is 4.71. The lowest BCUT2D eigenvalue weighted by molar-refractivity contribution is 0.925. The minimum absolute atomic E-state index is 0.718. The average molecular weight is 311 g/mol. The van der Waals surface area contributed by atoms with Gasteiger partial charge >= 0.3 is 0 Å². The zero-order valence-electron chi connectivity index (χ0n) is 12.4. The van der Waals surface area contributed by atoms with Gasteiger partial charge in [-0.15, -0.1) is 11.3 Å². The Balaban J connectivity index is 1.54. The Morgan fingerprint density at radius 2 is 2.23 bits per heavy atom. The van der Waals surface area contributed by atoms with Crippen LogP contribution in [0.1, 0.15) is 35.3 Å². The highest BCUT2D eigenvalue weighted by Gasteiger charge is 2.26. The van der Waals surface area contributed by atoms with Gasteiger partial charge in [0, 0.05) is 29.9 Å². The molecule has 0 saturated heterocycles. The zero-order chi connectivity index (χ0) is 14.9. The van der Waals surface area contributed by atoms with Crippen LogP contribution in [-0.4, -0.2) is 19.5 Å². The number of thiazole rings is 1. The summed E-state index contributed by atoms with van der Waals surface area (Å²) in [4.78, 5) is 13.5. The quantitative estimate of drug-likeness (QED) is 0.783. The number of anilines is 1. The van der Waals surface area contributed by atoms with Crippen LogP contribution in [0.2, 0.25) is 0 Å². The van der Waals surface area contributed by atoms with Crippen LogP contribution in [0.3, 0.4) is 0 Å². The van der Waals surface area contributed by atoms with Gasteiger partial charge in [0.1, 0.15) is 5.82 Å². The fraction of sp³-hybridized carbons (Fsp3) is 0.312. The molecule has 0 aliphatic heterocycles. The molecule has 0 spiro atoms. The van der Waals surface area contributed by atoms with Crippen molar-refractivity contribution >= 4 is 17.0 Å². The minimum Gasteiger partial charge on any atom is -0.376 e. The van der Waals surface area contributed by atoms with Gasteiger partial charge in [-0.3, -0.25) is 4.57 Å². The molecule has 0 amide bonds. The van der Waals surface area contributed by atoms with Gasteiger partial charge in [-0.1, -0.05) is 0 Å². The van der Waals surface area contributed by atoms with E-state index in [4.69, 9.17) is 4.98 Å². The molecule has 3 heterocycles. The van der Waals surface area contributed by atoms with Crippen LogP contribution >= 0.6 is 11.3 Å². The third-order valence-electron chi connectivity index (χ3n) is 3.80. The monoisotopic (exact) mass is 311 g/mol. The van der Waals surface area contributed by atoms with Crippen LogP contribution in [0.15, 0.2) is 36.1 Å². The molecule has 1 aliphatic carbocycles. The first kappa shape index (κ1) is 13.5. The van der Waals surface area contributed by atoms with Gasteiger partial charge in [0.2, 0.25) is 0 Å². The maximum atomic E-state index is 4.71. The van der Waals surface area contributed by atoms with Crippen LogP contribution in [-0.2, 0) is 6.54 Å². The van der Waals surface area contributed by atoms with Crippen molar-refractivity contribution in [2.24, 2.45) is 0 Å². The van der Waals surface area contributed by atoms with E-state index in [2.05, 4.69) is 20.7 Å². The highest BCUT2D eigenvalue weighted by atomic mass is 32.1. The summed E-state index contributed by atoms with van der Waals surface area (Å²) in [6.45, 7) is 2.69. The van der Waals surface area contributed by atoms with Crippen molar-refractivity contribution in [1.82, 2.24) is 19.5 Å². The van der Waals surface area contributed by atoms with E-state index in [9.17, 15) is 0 Å². The number of aromatic nitrogens is 4. The molecule has 6 heteroatoms. The first-order valence-corrected chi connectivity index (χ1v) is 8.33.